The number of rotatable bonds is 5. The predicted octanol–water partition coefficient (Wildman–Crippen LogP) is 2.29. The van der Waals surface area contributed by atoms with Crippen LogP contribution in [0.1, 0.15) is 54.4 Å². The topological polar surface area (TPSA) is 138 Å². The second-order valence-corrected chi connectivity index (χ2v) is 12.6. The summed E-state index contributed by atoms with van der Waals surface area (Å²) in [6, 6.07) is 0. The number of carbonyl (C=O) groups is 2. The summed E-state index contributed by atoms with van der Waals surface area (Å²) in [7, 11) is 1.27. The van der Waals surface area contributed by atoms with E-state index >= 15 is 0 Å². The Kier molecular flexibility index (Phi) is 7.49. The molecule has 9 unspecified atom stereocenters. The Morgan fingerprint density at radius 1 is 1.23 bits per heavy atom. The van der Waals surface area contributed by atoms with Gasteiger partial charge in [-0.2, -0.15) is 8.39 Å². The van der Waals surface area contributed by atoms with Crippen molar-refractivity contribution in [1.29, 1.82) is 0 Å². The number of halogens is 3. The summed E-state index contributed by atoms with van der Waals surface area (Å²) in [5.41, 5.74) is -5.38. The number of fused-ring (bicyclic) bond motifs is 5. The highest BCUT2D eigenvalue weighted by Crippen LogP contribution is 2.65. The Balaban J connectivity index is 1.99. The van der Waals surface area contributed by atoms with Crippen molar-refractivity contribution in [2.45, 2.75) is 96.4 Å². The molecule has 39 heavy (non-hydrogen) atoms. The number of methoxy groups -OCH3 is 1. The lowest BCUT2D eigenvalue weighted by molar-refractivity contribution is -0.337. The van der Waals surface area contributed by atoms with Crippen molar-refractivity contribution < 1.29 is 59.8 Å². The zero-order valence-electron chi connectivity index (χ0n) is 22.8. The van der Waals surface area contributed by atoms with E-state index in [-0.39, 0.29) is 19.4 Å². The van der Waals surface area contributed by atoms with Crippen molar-refractivity contribution in [3.63, 3.8) is 0 Å². The van der Waals surface area contributed by atoms with E-state index in [1.54, 1.807) is 27.7 Å². The molecular formula is C25H35F3O10S. The van der Waals surface area contributed by atoms with Crippen LogP contribution in [0.5, 0.6) is 0 Å². The van der Waals surface area contributed by atoms with Gasteiger partial charge in [0, 0.05) is 38.2 Å². The molecule has 2 bridgehead atoms. The summed E-state index contributed by atoms with van der Waals surface area (Å²) in [5, 5.41) is 23.4. The number of Topliss-reactive ketones (excluding diaryl/α,β-unsaturated/α-hetero) is 1. The van der Waals surface area contributed by atoms with Crippen LogP contribution in [0, 0.1) is 22.7 Å². The second kappa shape index (κ2) is 9.57. The summed E-state index contributed by atoms with van der Waals surface area (Å²) in [6.45, 7) is 9.19. The highest BCUT2D eigenvalue weighted by molar-refractivity contribution is 7.75. The van der Waals surface area contributed by atoms with Gasteiger partial charge in [-0.1, -0.05) is 20.8 Å². The molecular weight excluding hydrogens is 549 g/mol. The van der Waals surface area contributed by atoms with Gasteiger partial charge in [0.05, 0.1) is 29.8 Å². The van der Waals surface area contributed by atoms with Crippen molar-refractivity contribution in [2.24, 2.45) is 22.7 Å². The average Bonchev–Trinajstić information content (AvgIpc) is 2.78. The highest BCUT2D eigenvalue weighted by Gasteiger charge is 2.76. The third-order valence-electron chi connectivity index (χ3n) is 9.72. The number of ether oxygens (including phenoxy) is 3. The lowest BCUT2D eigenvalue weighted by Gasteiger charge is -2.68. The molecule has 1 aliphatic heterocycles. The first-order valence-electron chi connectivity index (χ1n) is 12.6. The summed E-state index contributed by atoms with van der Waals surface area (Å²) in [6.07, 6.45) is -10.6. The average molecular weight is 585 g/mol. The SMILES string of the molecule is COC1C(=O)[C@]2(C)C(OS(=O)OC(F)(F)F)CC3OCC3(OC(C)=O)C2C(C)C2(O)CC(O)C(C)=C1C2(C)C. The molecule has 222 valence electrons. The first kappa shape index (κ1) is 30.5. The molecule has 14 heteroatoms. The Hall–Kier alpha value is -1.42. The van der Waals surface area contributed by atoms with Gasteiger partial charge < -0.3 is 24.4 Å². The first-order valence-corrected chi connectivity index (χ1v) is 13.6. The van der Waals surface area contributed by atoms with E-state index in [2.05, 4.69) is 4.18 Å². The Morgan fingerprint density at radius 2 is 1.85 bits per heavy atom. The van der Waals surface area contributed by atoms with Crippen LogP contribution in [-0.2, 0) is 43.5 Å². The van der Waals surface area contributed by atoms with Gasteiger partial charge in [0.2, 0.25) is 0 Å². The molecule has 1 heterocycles. The van der Waals surface area contributed by atoms with Crippen molar-refractivity contribution >= 4 is 23.1 Å². The van der Waals surface area contributed by atoms with Gasteiger partial charge in [-0.25, -0.2) is 0 Å². The summed E-state index contributed by atoms with van der Waals surface area (Å²) in [5.74, 6) is -3.38. The number of aliphatic hydroxyl groups excluding tert-OH is 1. The maximum Gasteiger partial charge on any atom is 0.537 e. The third-order valence-corrected chi connectivity index (χ3v) is 10.4. The molecule has 0 radical (unpaired) electrons. The first-order chi connectivity index (χ1) is 17.8. The van der Waals surface area contributed by atoms with Gasteiger partial charge in [0.15, 0.2) is 11.4 Å². The van der Waals surface area contributed by atoms with Crippen molar-refractivity contribution in [1.82, 2.24) is 0 Å². The van der Waals surface area contributed by atoms with Crippen LogP contribution in [0.3, 0.4) is 0 Å². The summed E-state index contributed by atoms with van der Waals surface area (Å²) in [4.78, 5) is 27.0. The molecule has 0 amide bonds. The molecule has 10 nitrogen and oxygen atoms in total. The fourth-order valence-corrected chi connectivity index (χ4v) is 8.56. The Labute approximate surface area is 227 Å². The molecule has 0 aromatic heterocycles. The molecule has 2 N–H and O–H groups in total. The molecule has 4 rings (SSSR count). The molecule has 2 saturated carbocycles. The number of esters is 1. The van der Waals surface area contributed by atoms with Crippen LogP contribution >= 0.6 is 0 Å². The number of hydrogen-bond acceptors (Lipinski definition) is 10. The van der Waals surface area contributed by atoms with Gasteiger partial charge in [0.25, 0.3) is 0 Å². The fraction of sp³-hybridized carbons (Fsp3) is 0.840. The van der Waals surface area contributed by atoms with E-state index < -0.39 is 87.8 Å². The van der Waals surface area contributed by atoms with Crippen molar-refractivity contribution in [3.8, 4) is 0 Å². The largest absolute Gasteiger partial charge is 0.537 e. The maximum absolute atomic E-state index is 14.6. The van der Waals surface area contributed by atoms with Crippen molar-refractivity contribution in [2.75, 3.05) is 13.7 Å². The lowest BCUT2D eigenvalue weighted by atomic mass is 9.42. The molecule has 0 spiro atoms. The number of hydrogen-bond donors (Lipinski definition) is 2. The zero-order valence-corrected chi connectivity index (χ0v) is 23.6. The smallest absolute Gasteiger partial charge is 0.454 e. The predicted molar refractivity (Wildman–Crippen MR) is 128 cm³/mol. The summed E-state index contributed by atoms with van der Waals surface area (Å²) >= 11 is -3.34. The standard InChI is InChI=1S/C25H35F3O10S/c1-11-14(30)9-24(32)12(2)19-22(6,20(31)18(34-7)17(11)21(24,4)5)15(37-39(33)38-25(26,27)28)8-16-23(19,10-35-16)36-13(3)29/h12,14-16,18-19,30,32H,8-10H2,1-7H3/t12?,14?,15?,16?,18?,19?,22-,23?,24?,39?/m1/s1. The van der Waals surface area contributed by atoms with Crippen LogP contribution < -0.4 is 0 Å². The Bertz CT molecular complexity index is 1110. The van der Waals surface area contributed by atoms with Crippen LogP contribution in [0.4, 0.5) is 13.2 Å². The summed E-state index contributed by atoms with van der Waals surface area (Å²) < 4.78 is 77.0. The third kappa shape index (κ3) is 4.32. The molecule has 10 atom stereocenters. The molecule has 3 fully saturated rings. The van der Waals surface area contributed by atoms with E-state index in [4.69, 9.17) is 18.4 Å². The fourth-order valence-electron chi connectivity index (χ4n) is 7.89. The minimum absolute atomic E-state index is 0.135. The second-order valence-electron chi connectivity index (χ2n) is 11.8. The molecule has 0 aromatic rings. The van der Waals surface area contributed by atoms with Crippen molar-refractivity contribution in [3.05, 3.63) is 11.1 Å². The number of aliphatic hydroxyl groups is 2. The molecule has 1 saturated heterocycles. The minimum atomic E-state index is -5.28. The van der Waals surface area contributed by atoms with Gasteiger partial charge in [-0.05, 0) is 30.9 Å². The van der Waals surface area contributed by atoms with Gasteiger partial charge in [-0.3, -0.25) is 13.8 Å². The molecule has 0 aromatic carbocycles. The quantitative estimate of drug-likeness (QED) is 0.366. The van der Waals surface area contributed by atoms with Crippen LogP contribution in [0.15, 0.2) is 11.1 Å². The Morgan fingerprint density at radius 3 is 2.33 bits per heavy atom. The highest BCUT2D eigenvalue weighted by atomic mass is 32.2. The van der Waals surface area contributed by atoms with E-state index in [0.29, 0.717) is 11.1 Å². The minimum Gasteiger partial charge on any atom is -0.454 e. The number of carbonyl (C=O) groups excluding carboxylic acids is 2. The van der Waals surface area contributed by atoms with Gasteiger partial charge in [-0.15, -0.1) is 13.2 Å². The monoisotopic (exact) mass is 584 g/mol. The van der Waals surface area contributed by atoms with E-state index in [1.165, 1.54) is 21.0 Å². The molecule has 3 aliphatic carbocycles. The maximum atomic E-state index is 14.6. The zero-order chi connectivity index (χ0) is 29.5. The van der Waals surface area contributed by atoms with E-state index in [9.17, 15) is 37.2 Å². The van der Waals surface area contributed by atoms with Crippen LogP contribution in [0.2, 0.25) is 0 Å². The van der Waals surface area contributed by atoms with Crippen LogP contribution in [-0.4, -0.2) is 81.9 Å². The van der Waals surface area contributed by atoms with Crippen LogP contribution in [0.25, 0.3) is 0 Å². The number of ketones is 1. The normalized spacial score (nSPS) is 44.4. The lowest BCUT2D eigenvalue weighted by Crippen LogP contribution is -2.80. The van der Waals surface area contributed by atoms with Gasteiger partial charge in [0.1, 0.15) is 12.2 Å². The van der Waals surface area contributed by atoms with E-state index in [1.807, 2.05) is 0 Å². The van der Waals surface area contributed by atoms with Gasteiger partial charge >= 0.3 is 23.7 Å². The number of alkyl halides is 3. The molecule has 4 aliphatic rings. The van der Waals surface area contributed by atoms with E-state index in [0.717, 1.165) is 0 Å².